The van der Waals surface area contributed by atoms with Crippen molar-refractivity contribution in [1.29, 1.82) is 0 Å². The summed E-state index contributed by atoms with van der Waals surface area (Å²) in [5, 5.41) is 16.7. The summed E-state index contributed by atoms with van der Waals surface area (Å²) < 4.78 is 0. The first-order valence-corrected chi connectivity index (χ1v) is 7.55. The van der Waals surface area contributed by atoms with Gasteiger partial charge in [0.15, 0.2) is 0 Å². The number of rotatable bonds is 3. The lowest BCUT2D eigenvalue weighted by molar-refractivity contribution is -0.384. The van der Waals surface area contributed by atoms with E-state index in [4.69, 9.17) is 0 Å². The Balaban J connectivity index is 1.88. The van der Waals surface area contributed by atoms with Crippen LogP contribution in [0.5, 0.6) is 0 Å². The van der Waals surface area contributed by atoms with Crippen LogP contribution in [0.15, 0.2) is 24.3 Å². The lowest BCUT2D eigenvalue weighted by atomic mass is 9.91. The van der Waals surface area contributed by atoms with Crippen LogP contribution in [-0.2, 0) is 10.3 Å². The molecule has 0 spiro atoms. The van der Waals surface area contributed by atoms with Crippen LogP contribution in [-0.4, -0.2) is 40.9 Å². The summed E-state index contributed by atoms with van der Waals surface area (Å²) in [6.45, 7) is 3.18. The molecular formula is C15H18N4O4. The molecule has 3 amide bonds. The first-order chi connectivity index (χ1) is 10.9. The Morgan fingerprint density at radius 1 is 1.22 bits per heavy atom. The molecule has 8 nitrogen and oxygen atoms in total. The van der Waals surface area contributed by atoms with Crippen LogP contribution < -0.4 is 10.6 Å². The zero-order valence-electron chi connectivity index (χ0n) is 12.7. The summed E-state index contributed by atoms with van der Waals surface area (Å²) >= 11 is 0. The normalized spacial score (nSPS) is 25.5. The average molecular weight is 318 g/mol. The van der Waals surface area contributed by atoms with E-state index in [1.54, 1.807) is 6.92 Å². The van der Waals surface area contributed by atoms with E-state index in [9.17, 15) is 19.7 Å². The number of benzene rings is 1. The van der Waals surface area contributed by atoms with Crippen LogP contribution in [0.25, 0.3) is 0 Å². The maximum Gasteiger partial charge on any atom is 0.325 e. The Morgan fingerprint density at radius 2 is 1.83 bits per heavy atom. The van der Waals surface area contributed by atoms with Gasteiger partial charge in [0.25, 0.3) is 11.6 Å². The van der Waals surface area contributed by atoms with Gasteiger partial charge in [-0.05, 0) is 50.6 Å². The lowest BCUT2D eigenvalue weighted by Gasteiger charge is -2.30. The Bertz CT molecular complexity index is 654. The molecule has 2 aliphatic heterocycles. The molecule has 23 heavy (non-hydrogen) atoms. The molecule has 0 bridgehead atoms. The van der Waals surface area contributed by atoms with E-state index >= 15 is 0 Å². The highest BCUT2D eigenvalue weighted by Crippen LogP contribution is 2.32. The summed E-state index contributed by atoms with van der Waals surface area (Å²) in [4.78, 5) is 36.7. The number of urea groups is 1. The highest BCUT2D eigenvalue weighted by molar-refractivity contribution is 6.07. The number of nitro benzene ring substituents is 1. The van der Waals surface area contributed by atoms with Crippen LogP contribution in [0.4, 0.5) is 10.5 Å². The van der Waals surface area contributed by atoms with Crippen LogP contribution in [0.3, 0.4) is 0 Å². The predicted octanol–water partition coefficient (Wildman–Crippen LogP) is 1.11. The Kier molecular flexibility index (Phi) is 3.77. The number of nitrogens with one attached hydrogen (secondary N) is 2. The average Bonchev–Trinajstić information content (AvgIpc) is 2.78. The number of amides is 3. The van der Waals surface area contributed by atoms with Gasteiger partial charge in [0.05, 0.1) is 4.92 Å². The predicted molar refractivity (Wildman–Crippen MR) is 81.7 cm³/mol. The molecule has 0 saturated carbocycles. The van der Waals surface area contributed by atoms with Crippen molar-refractivity contribution >= 4 is 17.6 Å². The highest BCUT2D eigenvalue weighted by atomic mass is 16.6. The Morgan fingerprint density at radius 3 is 2.39 bits per heavy atom. The number of hydrogen-bond acceptors (Lipinski definition) is 5. The van der Waals surface area contributed by atoms with Gasteiger partial charge in [-0.2, -0.15) is 0 Å². The third-order valence-electron chi connectivity index (χ3n) is 4.55. The summed E-state index contributed by atoms with van der Waals surface area (Å²) in [7, 11) is 0. The number of hydrogen-bond donors (Lipinski definition) is 2. The topological polar surface area (TPSA) is 105 Å². The van der Waals surface area contributed by atoms with Gasteiger partial charge in [0.1, 0.15) is 5.54 Å². The van der Waals surface area contributed by atoms with E-state index in [1.807, 2.05) is 0 Å². The summed E-state index contributed by atoms with van der Waals surface area (Å²) in [5.74, 6) is -0.303. The fraction of sp³-hybridized carbons (Fsp3) is 0.467. The molecule has 2 fully saturated rings. The molecule has 8 heteroatoms. The van der Waals surface area contributed by atoms with Crippen molar-refractivity contribution in [1.82, 2.24) is 15.5 Å². The molecule has 0 aromatic heterocycles. The second-order valence-electron chi connectivity index (χ2n) is 6.02. The summed E-state index contributed by atoms with van der Waals surface area (Å²) in [6.07, 6.45) is 1.46. The van der Waals surface area contributed by atoms with Gasteiger partial charge in [-0.25, -0.2) is 4.79 Å². The molecule has 2 saturated heterocycles. The van der Waals surface area contributed by atoms with Crippen molar-refractivity contribution in [2.75, 3.05) is 13.1 Å². The molecule has 1 atom stereocenters. The number of carbonyl (C=O) groups is 2. The summed E-state index contributed by atoms with van der Waals surface area (Å²) in [6, 6.07) is 5.21. The molecule has 1 unspecified atom stereocenters. The van der Waals surface area contributed by atoms with E-state index in [1.165, 1.54) is 29.2 Å². The first-order valence-electron chi connectivity index (χ1n) is 7.55. The Hall–Kier alpha value is -2.48. The minimum Gasteiger partial charge on any atom is -0.319 e. The molecule has 2 heterocycles. The molecular weight excluding hydrogens is 300 g/mol. The van der Waals surface area contributed by atoms with E-state index < -0.39 is 16.5 Å². The second kappa shape index (κ2) is 5.62. The van der Waals surface area contributed by atoms with Crippen LogP contribution in [0.1, 0.15) is 25.3 Å². The van der Waals surface area contributed by atoms with Gasteiger partial charge in [-0.1, -0.05) is 0 Å². The van der Waals surface area contributed by atoms with Crippen molar-refractivity contribution in [2.24, 2.45) is 0 Å². The largest absolute Gasteiger partial charge is 0.325 e. The minimum absolute atomic E-state index is 0.0515. The van der Waals surface area contributed by atoms with E-state index in [0.29, 0.717) is 5.56 Å². The zero-order chi connectivity index (χ0) is 16.6. The van der Waals surface area contributed by atoms with E-state index in [-0.39, 0.29) is 17.6 Å². The quantitative estimate of drug-likeness (QED) is 0.493. The maximum atomic E-state index is 12.8. The van der Waals surface area contributed by atoms with Crippen molar-refractivity contribution in [3.63, 3.8) is 0 Å². The standard InChI is InChI=1S/C15H18N4O4/c1-15(10-2-4-12(5-3-10)19(22)23)13(20)18(14(21)17-15)11-6-8-16-9-7-11/h2-5,11,16H,6-9H2,1H3,(H,17,21). The first kappa shape index (κ1) is 15.4. The zero-order valence-corrected chi connectivity index (χ0v) is 12.7. The van der Waals surface area contributed by atoms with Crippen LogP contribution in [0, 0.1) is 10.1 Å². The molecule has 0 radical (unpaired) electrons. The van der Waals surface area contributed by atoms with Gasteiger partial charge in [0.2, 0.25) is 0 Å². The third-order valence-corrected chi connectivity index (χ3v) is 4.55. The van der Waals surface area contributed by atoms with Crippen molar-refractivity contribution in [3.05, 3.63) is 39.9 Å². The lowest BCUT2D eigenvalue weighted by Crippen LogP contribution is -2.47. The molecule has 2 aliphatic rings. The molecule has 122 valence electrons. The van der Waals surface area contributed by atoms with Gasteiger partial charge >= 0.3 is 6.03 Å². The number of nitro groups is 1. The van der Waals surface area contributed by atoms with E-state index in [2.05, 4.69) is 10.6 Å². The number of piperidine rings is 1. The van der Waals surface area contributed by atoms with Crippen LogP contribution >= 0.6 is 0 Å². The van der Waals surface area contributed by atoms with E-state index in [0.717, 1.165) is 25.9 Å². The fourth-order valence-corrected chi connectivity index (χ4v) is 3.17. The van der Waals surface area contributed by atoms with Gasteiger partial charge in [-0.15, -0.1) is 0 Å². The van der Waals surface area contributed by atoms with Crippen molar-refractivity contribution < 1.29 is 14.5 Å². The Labute approximate surface area is 133 Å². The second-order valence-corrected chi connectivity index (χ2v) is 6.02. The van der Waals surface area contributed by atoms with Crippen LogP contribution in [0.2, 0.25) is 0 Å². The number of carbonyl (C=O) groups excluding carboxylic acids is 2. The molecule has 2 N–H and O–H groups in total. The molecule has 1 aromatic carbocycles. The summed E-state index contributed by atoms with van der Waals surface area (Å²) in [5.41, 5.74) is -0.695. The molecule has 3 rings (SSSR count). The van der Waals surface area contributed by atoms with Crippen molar-refractivity contribution in [2.45, 2.75) is 31.3 Å². The monoisotopic (exact) mass is 318 g/mol. The minimum atomic E-state index is -1.18. The number of imide groups is 1. The highest BCUT2D eigenvalue weighted by Gasteiger charge is 2.51. The SMILES string of the molecule is CC1(c2ccc([N+](=O)[O-])cc2)NC(=O)N(C2CCNCC2)C1=O. The maximum absolute atomic E-state index is 12.8. The fourth-order valence-electron chi connectivity index (χ4n) is 3.17. The molecule has 1 aromatic rings. The van der Waals surface area contributed by atoms with Crippen molar-refractivity contribution in [3.8, 4) is 0 Å². The smallest absolute Gasteiger partial charge is 0.319 e. The van der Waals surface area contributed by atoms with Gasteiger partial charge in [0, 0.05) is 18.2 Å². The van der Waals surface area contributed by atoms with Gasteiger partial charge in [-0.3, -0.25) is 19.8 Å². The number of nitrogens with zero attached hydrogens (tertiary/aromatic N) is 2. The molecule has 0 aliphatic carbocycles. The third kappa shape index (κ3) is 2.55. The number of non-ortho nitro benzene ring substituents is 1. The van der Waals surface area contributed by atoms with Gasteiger partial charge < -0.3 is 10.6 Å².